The highest BCUT2D eigenvalue weighted by atomic mass is 16.2. The maximum atomic E-state index is 11.6. The fourth-order valence-electron chi connectivity index (χ4n) is 2.65. The van der Waals surface area contributed by atoms with Crippen LogP contribution in [0.2, 0.25) is 0 Å². The Balaban J connectivity index is 1.75. The van der Waals surface area contributed by atoms with Crippen molar-refractivity contribution >= 4 is 5.91 Å². The van der Waals surface area contributed by atoms with Gasteiger partial charge in [0.15, 0.2) is 0 Å². The van der Waals surface area contributed by atoms with E-state index in [-0.39, 0.29) is 11.9 Å². The molecule has 15 heavy (non-hydrogen) atoms. The van der Waals surface area contributed by atoms with Gasteiger partial charge in [-0.25, -0.2) is 0 Å². The largest absolute Gasteiger partial charge is 0.353 e. The van der Waals surface area contributed by atoms with Crippen LogP contribution in [0.3, 0.4) is 0 Å². The van der Waals surface area contributed by atoms with Gasteiger partial charge in [0.05, 0.1) is 6.54 Å². The van der Waals surface area contributed by atoms with E-state index in [4.69, 9.17) is 0 Å². The SMILES string of the molecule is CC(C)NC(=O)CN1C[C@H]2CNC[C@H]2C1. The molecule has 0 aromatic carbocycles. The second kappa shape index (κ2) is 4.49. The normalized spacial score (nSPS) is 30.9. The van der Waals surface area contributed by atoms with Crippen LogP contribution in [0.25, 0.3) is 0 Å². The molecular formula is C11H21N3O. The highest BCUT2D eigenvalue weighted by Crippen LogP contribution is 2.25. The predicted octanol–water partition coefficient (Wildman–Crippen LogP) is -0.338. The van der Waals surface area contributed by atoms with Crippen LogP contribution < -0.4 is 10.6 Å². The van der Waals surface area contributed by atoms with Gasteiger partial charge >= 0.3 is 0 Å². The molecule has 1 amide bonds. The molecule has 0 spiro atoms. The quantitative estimate of drug-likeness (QED) is 0.671. The number of nitrogens with one attached hydrogen (secondary N) is 2. The van der Waals surface area contributed by atoms with Crippen LogP contribution in [0.15, 0.2) is 0 Å². The molecule has 2 aliphatic heterocycles. The lowest BCUT2D eigenvalue weighted by molar-refractivity contribution is -0.122. The molecule has 2 aliphatic rings. The van der Waals surface area contributed by atoms with Crippen LogP contribution in [-0.4, -0.2) is 49.6 Å². The Hall–Kier alpha value is -0.610. The summed E-state index contributed by atoms with van der Waals surface area (Å²) in [5.74, 6) is 1.71. The molecular weight excluding hydrogens is 190 g/mol. The molecule has 2 fully saturated rings. The molecule has 4 nitrogen and oxygen atoms in total. The standard InChI is InChI=1S/C11H21N3O/c1-8(2)13-11(15)7-14-5-9-3-12-4-10(9)6-14/h8-10,12H,3-7H2,1-2H3,(H,13,15)/t9-,10+. The summed E-state index contributed by atoms with van der Waals surface area (Å²) in [6.45, 7) is 9.01. The van der Waals surface area contributed by atoms with E-state index < -0.39 is 0 Å². The number of amides is 1. The highest BCUT2D eigenvalue weighted by molar-refractivity contribution is 5.78. The van der Waals surface area contributed by atoms with E-state index in [0.717, 1.165) is 38.0 Å². The van der Waals surface area contributed by atoms with Gasteiger partial charge in [-0.2, -0.15) is 0 Å². The summed E-state index contributed by atoms with van der Waals surface area (Å²) in [6.07, 6.45) is 0. The van der Waals surface area contributed by atoms with Crippen molar-refractivity contribution < 1.29 is 4.79 Å². The Bertz CT molecular complexity index is 230. The van der Waals surface area contributed by atoms with E-state index in [1.54, 1.807) is 0 Å². The van der Waals surface area contributed by atoms with Crippen LogP contribution in [0.5, 0.6) is 0 Å². The molecule has 0 aromatic rings. The summed E-state index contributed by atoms with van der Waals surface area (Å²) in [4.78, 5) is 13.8. The maximum Gasteiger partial charge on any atom is 0.234 e. The number of carbonyl (C=O) groups excluding carboxylic acids is 1. The lowest BCUT2D eigenvalue weighted by Gasteiger charge is -2.17. The Labute approximate surface area is 91.4 Å². The molecule has 4 heteroatoms. The molecule has 0 radical (unpaired) electrons. The summed E-state index contributed by atoms with van der Waals surface area (Å²) in [5, 5.41) is 6.34. The van der Waals surface area contributed by atoms with E-state index in [1.807, 2.05) is 13.8 Å². The number of hydrogen-bond donors (Lipinski definition) is 2. The Morgan fingerprint density at radius 3 is 2.53 bits per heavy atom. The van der Waals surface area contributed by atoms with Crippen molar-refractivity contribution in [2.75, 3.05) is 32.7 Å². The van der Waals surface area contributed by atoms with Crippen LogP contribution >= 0.6 is 0 Å². The van der Waals surface area contributed by atoms with Crippen LogP contribution in [0.4, 0.5) is 0 Å². The summed E-state index contributed by atoms with van der Waals surface area (Å²) in [7, 11) is 0. The molecule has 0 saturated carbocycles. The van der Waals surface area contributed by atoms with Crippen molar-refractivity contribution in [2.45, 2.75) is 19.9 Å². The average Bonchev–Trinajstić information content (AvgIpc) is 2.60. The summed E-state index contributed by atoms with van der Waals surface area (Å²) < 4.78 is 0. The van der Waals surface area contributed by atoms with E-state index in [1.165, 1.54) is 0 Å². The fraction of sp³-hybridized carbons (Fsp3) is 0.909. The molecule has 0 bridgehead atoms. The molecule has 0 unspecified atom stereocenters. The monoisotopic (exact) mass is 211 g/mol. The summed E-state index contributed by atoms with van der Waals surface area (Å²) in [5.41, 5.74) is 0. The van der Waals surface area contributed by atoms with E-state index in [0.29, 0.717) is 6.54 Å². The summed E-state index contributed by atoms with van der Waals surface area (Å²) in [6, 6.07) is 0.251. The Morgan fingerprint density at radius 1 is 1.40 bits per heavy atom. The first-order valence-electron chi connectivity index (χ1n) is 5.87. The molecule has 2 N–H and O–H groups in total. The fourth-order valence-corrected chi connectivity index (χ4v) is 2.65. The van der Waals surface area contributed by atoms with Crippen LogP contribution in [0.1, 0.15) is 13.8 Å². The van der Waals surface area contributed by atoms with E-state index in [2.05, 4.69) is 15.5 Å². The van der Waals surface area contributed by atoms with Gasteiger partial charge in [0.1, 0.15) is 0 Å². The van der Waals surface area contributed by atoms with Crippen molar-refractivity contribution in [1.29, 1.82) is 0 Å². The van der Waals surface area contributed by atoms with Crippen molar-refractivity contribution in [3.63, 3.8) is 0 Å². The maximum absolute atomic E-state index is 11.6. The molecule has 2 heterocycles. The summed E-state index contributed by atoms with van der Waals surface area (Å²) >= 11 is 0. The first-order chi connectivity index (χ1) is 7.15. The first-order valence-corrected chi connectivity index (χ1v) is 5.87. The second-order valence-electron chi connectivity index (χ2n) is 5.09. The topological polar surface area (TPSA) is 44.4 Å². The molecule has 2 rings (SSSR count). The minimum atomic E-state index is 0.165. The van der Waals surface area contributed by atoms with Gasteiger partial charge in [0, 0.05) is 19.1 Å². The van der Waals surface area contributed by atoms with Crippen molar-refractivity contribution in [2.24, 2.45) is 11.8 Å². The predicted molar refractivity (Wildman–Crippen MR) is 59.6 cm³/mol. The third kappa shape index (κ3) is 2.69. The minimum Gasteiger partial charge on any atom is -0.353 e. The number of rotatable bonds is 3. The molecule has 2 saturated heterocycles. The lowest BCUT2D eigenvalue weighted by Crippen LogP contribution is -2.40. The van der Waals surface area contributed by atoms with Gasteiger partial charge in [0.25, 0.3) is 0 Å². The van der Waals surface area contributed by atoms with Gasteiger partial charge in [0.2, 0.25) is 5.91 Å². The van der Waals surface area contributed by atoms with Gasteiger partial charge < -0.3 is 10.6 Å². The third-order valence-electron chi connectivity index (χ3n) is 3.28. The molecule has 86 valence electrons. The van der Waals surface area contributed by atoms with Crippen LogP contribution in [0, 0.1) is 11.8 Å². The number of carbonyl (C=O) groups is 1. The zero-order chi connectivity index (χ0) is 10.8. The van der Waals surface area contributed by atoms with Crippen molar-refractivity contribution in [3.8, 4) is 0 Å². The molecule has 0 aromatic heterocycles. The zero-order valence-electron chi connectivity index (χ0n) is 9.62. The number of nitrogens with zero attached hydrogens (tertiary/aromatic N) is 1. The number of likely N-dealkylation sites (tertiary alicyclic amines) is 1. The van der Waals surface area contributed by atoms with Crippen molar-refractivity contribution in [3.05, 3.63) is 0 Å². The smallest absolute Gasteiger partial charge is 0.234 e. The second-order valence-corrected chi connectivity index (χ2v) is 5.09. The van der Waals surface area contributed by atoms with E-state index >= 15 is 0 Å². The Morgan fingerprint density at radius 2 is 2.00 bits per heavy atom. The van der Waals surface area contributed by atoms with Gasteiger partial charge in [-0.15, -0.1) is 0 Å². The molecule has 0 aliphatic carbocycles. The number of fused-ring (bicyclic) bond motifs is 1. The van der Waals surface area contributed by atoms with Gasteiger partial charge in [-0.1, -0.05) is 0 Å². The Kier molecular flexibility index (Phi) is 3.26. The van der Waals surface area contributed by atoms with Crippen LogP contribution in [-0.2, 0) is 4.79 Å². The number of hydrogen-bond acceptors (Lipinski definition) is 3. The lowest BCUT2D eigenvalue weighted by atomic mass is 10.0. The minimum absolute atomic E-state index is 0.165. The third-order valence-corrected chi connectivity index (χ3v) is 3.28. The highest BCUT2D eigenvalue weighted by Gasteiger charge is 2.36. The first kappa shape index (κ1) is 10.9. The van der Waals surface area contributed by atoms with Gasteiger partial charge in [-0.3, -0.25) is 9.69 Å². The van der Waals surface area contributed by atoms with Crippen molar-refractivity contribution in [1.82, 2.24) is 15.5 Å². The zero-order valence-corrected chi connectivity index (χ0v) is 9.62. The molecule has 2 atom stereocenters. The van der Waals surface area contributed by atoms with E-state index in [9.17, 15) is 4.79 Å². The van der Waals surface area contributed by atoms with Gasteiger partial charge in [-0.05, 0) is 38.8 Å². The average molecular weight is 211 g/mol.